The van der Waals surface area contributed by atoms with E-state index in [0.717, 1.165) is 23.5 Å². The van der Waals surface area contributed by atoms with Gasteiger partial charge in [-0.15, -0.1) is 11.3 Å². The van der Waals surface area contributed by atoms with E-state index in [1.54, 1.807) is 6.92 Å². The summed E-state index contributed by atoms with van der Waals surface area (Å²) in [6, 6.07) is 3.43. The third-order valence-corrected chi connectivity index (χ3v) is 5.00. The van der Waals surface area contributed by atoms with Crippen LogP contribution in [0.15, 0.2) is 23.6 Å². The molecule has 1 aromatic heterocycles. The number of nitrogens with zero attached hydrogens (tertiary/aromatic N) is 2. The first-order valence-corrected chi connectivity index (χ1v) is 8.18. The first kappa shape index (κ1) is 16.5. The molecule has 126 valence electrons. The van der Waals surface area contributed by atoms with Gasteiger partial charge in [0, 0.05) is 24.0 Å². The molecule has 2 aromatic rings. The Morgan fingerprint density at radius 3 is 2.67 bits per heavy atom. The summed E-state index contributed by atoms with van der Waals surface area (Å²) >= 11 is 1.15. The van der Waals surface area contributed by atoms with E-state index in [2.05, 4.69) is 4.98 Å². The van der Waals surface area contributed by atoms with Crippen LogP contribution in [-0.4, -0.2) is 40.0 Å². The predicted molar refractivity (Wildman–Crippen MR) is 83.7 cm³/mol. The first-order chi connectivity index (χ1) is 11.4. The molecule has 0 bridgehead atoms. The molecule has 2 heterocycles. The number of thiazole rings is 1. The van der Waals surface area contributed by atoms with Crippen LogP contribution in [0.25, 0.3) is 10.6 Å². The molecule has 1 fully saturated rings. The third-order valence-electron chi connectivity index (χ3n) is 4.11. The van der Waals surface area contributed by atoms with Gasteiger partial charge < -0.3 is 10.0 Å². The molecule has 1 aliphatic rings. The van der Waals surface area contributed by atoms with Gasteiger partial charge in [0.15, 0.2) is 11.6 Å². The summed E-state index contributed by atoms with van der Waals surface area (Å²) in [6.07, 6.45) is 0. The quantitative estimate of drug-likeness (QED) is 0.922. The lowest BCUT2D eigenvalue weighted by Gasteiger charge is -2.13. The van der Waals surface area contributed by atoms with E-state index in [4.69, 9.17) is 5.11 Å². The van der Waals surface area contributed by atoms with Crippen LogP contribution in [-0.2, 0) is 4.79 Å². The van der Waals surface area contributed by atoms with Gasteiger partial charge in [-0.3, -0.25) is 9.59 Å². The number of amides is 1. The van der Waals surface area contributed by atoms with Crippen LogP contribution in [0.5, 0.6) is 0 Å². The molecule has 24 heavy (non-hydrogen) atoms. The Kier molecular flexibility index (Phi) is 4.31. The van der Waals surface area contributed by atoms with Gasteiger partial charge >= 0.3 is 5.97 Å². The van der Waals surface area contributed by atoms with Crippen molar-refractivity contribution in [1.29, 1.82) is 0 Å². The maximum absolute atomic E-state index is 13.3. The second kappa shape index (κ2) is 6.27. The normalized spacial score (nSPS) is 20.4. The van der Waals surface area contributed by atoms with Crippen molar-refractivity contribution in [3.05, 3.63) is 40.9 Å². The largest absolute Gasteiger partial charge is 0.481 e. The maximum Gasteiger partial charge on any atom is 0.308 e. The minimum atomic E-state index is -0.978. The second-order valence-electron chi connectivity index (χ2n) is 5.80. The number of hydrogen-bond donors (Lipinski definition) is 1. The third kappa shape index (κ3) is 3.01. The number of carbonyl (C=O) groups is 2. The number of carbonyl (C=O) groups excluding carboxylic acids is 1. The molecule has 5 nitrogen and oxygen atoms in total. The monoisotopic (exact) mass is 352 g/mol. The summed E-state index contributed by atoms with van der Waals surface area (Å²) in [5.74, 6) is -3.91. The number of rotatable bonds is 3. The fourth-order valence-electron chi connectivity index (χ4n) is 2.75. The molecule has 0 unspecified atom stereocenters. The number of carboxylic acid groups (broad SMARTS) is 1. The lowest BCUT2D eigenvalue weighted by atomic mass is 9.99. The fourth-order valence-corrected chi connectivity index (χ4v) is 3.54. The Hall–Kier alpha value is -2.35. The van der Waals surface area contributed by atoms with E-state index in [9.17, 15) is 18.4 Å². The minimum absolute atomic E-state index is 0.129. The summed E-state index contributed by atoms with van der Waals surface area (Å²) < 4.78 is 26.3. The van der Waals surface area contributed by atoms with Gasteiger partial charge in [-0.2, -0.15) is 0 Å². The standard InChI is InChI=1S/C16H14F2N2O3S/c1-8-5-20(6-10(8)16(22)23)15(21)13-7-24-14(19-13)9-2-3-11(17)12(18)4-9/h2-4,7-8,10H,5-6H2,1H3,(H,22,23)/t8-,10-/m1/s1. The molecular formula is C16H14F2N2O3S. The Bertz CT molecular complexity index is 808. The van der Waals surface area contributed by atoms with E-state index in [1.807, 2.05) is 0 Å². The van der Waals surface area contributed by atoms with Gasteiger partial charge in [0.25, 0.3) is 5.91 Å². The van der Waals surface area contributed by atoms with E-state index in [1.165, 1.54) is 16.3 Å². The van der Waals surface area contributed by atoms with Crippen LogP contribution >= 0.6 is 11.3 Å². The van der Waals surface area contributed by atoms with E-state index in [0.29, 0.717) is 17.1 Å². The first-order valence-electron chi connectivity index (χ1n) is 7.30. The zero-order valence-corrected chi connectivity index (χ0v) is 13.5. The summed E-state index contributed by atoms with van der Waals surface area (Å²) in [4.78, 5) is 29.3. The highest BCUT2D eigenvalue weighted by Gasteiger charge is 2.37. The molecule has 1 aliphatic heterocycles. The molecule has 2 atom stereocenters. The van der Waals surface area contributed by atoms with Crippen LogP contribution in [0.1, 0.15) is 17.4 Å². The van der Waals surface area contributed by atoms with Crippen molar-refractivity contribution in [1.82, 2.24) is 9.88 Å². The topological polar surface area (TPSA) is 70.5 Å². The van der Waals surface area contributed by atoms with Gasteiger partial charge in [-0.1, -0.05) is 6.92 Å². The predicted octanol–water partition coefficient (Wildman–Crippen LogP) is 2.88. The van der Waals surface area contributed by atoms with Crippen molar-refractivity contribution in [3.63, 3.8) is 0 Å². The number of hydrogen-bond acceptors (Lipinski definition) is 4. The molecule has 0 spiro atoms. The average Bonchev–Trinajstić information content (AvgIpc) is 3.16. The number of aliphatic carboxylic acids is 1. The molecular weight excluding hydrogens is 338 g/mol. The van der Waals surface area contributed by atoms with Crippen molar-refractivity contribution in [2.24, 2.45) is 11.8 Å². The van der Waals surface area contributed by atoms with Gasteiger partial charge in [0.05, 0.1) is 5.92 Å². The van der Waals surface area contributed by atoms with Crippen molar-refractivity contribution in [3.8, 4) is 10.6 Å². The molecule has 0 radical (unpaired) electrons. The highest BCUT2D eigenvalue weighted by molar-refractivity contribution is 7.13. The summed E-state index contributed by atoms with van der Waals surface area (Å²) in [5, 5.41) is 11.1. The van der Waals surface area contributed by atoms with Gasteiger partial charge in [0.1, 0.15) is 10.7 Å². The van der Waals surface area contributed by atoms with E-state index < -0.39 is 23.5 Å². The van der Waals surface area contributed by atoms with Gasteiger partial charge in [-0.05, 0) is 24.1 Å². The average molecular weight is 352 g/mol. The summed E-state index contributed by atoms with van der Waals surface area (Å²) in [6.45, 7) is 2.29. The van der Waals surface area contributed by atoms with Crippen LogP contribution in [0.2, 0.25) is 0 Å². The Morgan fingerprint density at radius 1 is 1.29 bits per heavy atom. The summed E-state index contributed by atoms with van der Waals surface area (Å²) in [7, 11) is 0. The van der Waals surface area contributed by atoms with Crippen LogP contribution in [0.3, 0.4) is 0 Å². The number of aromatic nitrogens is 1. The van der Waals surface area contributed by atoms with Crippen molar-refractivity contribution in [2.45, 2.75) is 6.92 Å². The second-order valence-corrected chi connectivity index (χ2v) is 6.66. The molecule has 0 saturated carbocycles. The lowest BCUT2D eigenvalue weighted by molar-refractivity contribution is -0.142. The minimum Gasteiger partial charge on any atom is -0.481 e. The smallest absolute Gasteiger partial charge is 0.308 e. The van der Waals surface area contributed by atoms with E-state index in [-0.39, 0.29) is 24.1 Å². The Balaban J connectivity index is 1.79. The highest BCUT2D eigenvalue weighted by atomic mass is 32.1. The number of carboxylic acids is 1. The number of halogens is 2. The molecule has 8 heteroatoms. The highest BCUT2D eigenvalue weighted by Crippen LogP contribution is 2.28. The Morgan fingerprint density at radius 2 is 2.04 bits per heavy atom. The van der Waals surface area contributed by atoms with Crippen molar-refractivity contribution >= 4 is 23.2 Å². The zero-order chi connectivity index (χ0) is 17.4. The maximum atomic E-state index is 13.3. The van der Waals surface area contributed by atoms with Gasteiger partial charge in [-0.25, -0.2) is 13.8 Å². The van der Waals surface area contributed by atoms with Crippen LogP contribution in [0, 0.1) is 23.5 Å². The molecule has 3 rings (SSSR count). The van der Waals surface area contributed by atoms with Crippen LogP contribution < -0.4 is 0 Å². The van der Waals surface area contributed by atoms with Crippen molar-refractivity contribution in [2.75, 3.05) is 13.1 Å². The number of likely N-dealkylation sites (tertiary alicyclic amines) is 1. The molecule has 1 saturated heterocycles. The SMILES string of the molecule is C[C@@H]1CN(C(=O)c2csc(-c3ccc(F)c(F)c3)n2)C[C@H]1C(=O)O. The fraction of sp³-hybridized carbons (Fsp3) is 0.312. The van der Waals surface area contributed by atoms with E-state index >= 15 is 0 Å². The Labute approximate surface area is 140 Å². The van der Waals surface area contributed by atoms with Crippen molar-refractivity contribution < 1.29 is 23.5 Å². The molecule has 1 amide bonds. The lowest BCUT2D eigenvalue weighted by Crippen LogP contribution is -2.30. The summed E-state index contributed by atoms with van der Waals surface area (Å²) in [5.41, 5.74) is 0.564. The molecule has 1 aromatic carbocycles. The zero-order valence-electron chi connectivity index (χ0n) is 12.7. The molecule has 1 N–H and O–H groups in total. The molecule has 0 aliphatic carbocycles. The van der Waals surface area contributed by atoms with Crippen LogP contribution in [0.4, 0.5) is 8.78 Å². The number of benzene rings is 1. The van der Waals surface area contributed by atoms with Gasteiger partial charge in [0.2, 0.25) is 0 Å².